The van der Waals surface area contributed by atoms with Crippen LogP contribution in [0.15, 0.2) is 24.5 Å². The summed E-state index contributed by atoms with van der Waals surface area (Å²) in [6, 6.07) is 1.78. The number of carbonyl (C=O) groups is 2. The first-order valence-corrected chi connectivity index (χ1v) is 13.7. The molecule has 2 atom stereocenters. The number of aromatic nitrogens is 5. The zero-order valence-electron chi connectivity index (χ0n) is 22.6. The van der Waals surface area contributed by atoms with E-state index in [-0.39, 0.29) is 35.9 Å². The van der Waals surface area contributed by atoms with Crippen LogP contribution in [0, 0.1) is 11.8 Å². The van der Waals surface area contributed by atoms with Gasteiger partial charge in [0.25, 0.3) is 12.3 Å². The maximum absolute atomic E-state index is 14.0. The predicted octanol–water partition coefficient (Wildman–Crippen LogP) is 5.42. The predicted molar refractivity (Wildman–Crippen MR) is 136 cm³/mol. The second-order valence-corrected chi connectivity index (χ2v) is 11.1. The van der Waals surface area contributed by atoms with Gasteiger partial charge in [0.2, 0.25) is 11.8 Å². The smallest absolute Gasteiger partial charge is 0.364 e. The van der Waals surface area contributed by atoms with E-state index in [1.165, 1.54) is 16.9 Å². The fourth-order valence-electron chi connectivity index (χ4n) is 5.48. The summed E-state index contributed by atoms with van der Waals surface area (Å²) in [4.78, 5) is 36.8. The van der Waals surface area contributed by atoms with Crippen LogP contribution in [0.3, 0.4) is 0 Å². The van der Waals surface area contributed by atoms with E-state index in [1.54, 1.807) is 6.07 Å². The van der Waals surface area contributed by atoms with Gasteiger partial charge in [-0.3, -0.25) is 9.59 Å². The van der Waals surface area contributed by atoms with Crippen LogP contribution in [0.1, 0.15) is 103 Å². The summed E-state index contributed by atoms with van der Waals surface area (Å²) in [5.74, 6) is -6.41. The van der Waals surface area contributed by atoms with Crippen LogP contribution < -0.4 is 11.1 Å². The van der Waals surface area contributed by atoms with Gasteiger partial charge >= 0.3 is 6.18 Å². The molecule has 5 rings (SSSR count). The number of amides is 2. The Hall–Kier alpha value is -3.85. The molecular formula is C27H28F7N7O2. The molecule has 3 N–H and O–H groups in total. The molecule has 232 valence electrons. The lowest BCUT2D eigenvalue weighted by atomic mass is 9.77. The largest absolute Gasteiger partial charge is 0.389 e. The Labute approximate surface area is 240 Å². The Morgan fingerprint density at radius 2 is 1.72 bits per heavy atom. The minimum Gasteiger partial charge on any atom is -0.364 e. The molecule has 2 aliphatic rings. The van der Waals surface area contributed by atoms with Crippen LogP contribution in [-0.4, -0.2) is 48.5 Å². The highest BCUT2D eigenvalue weighted by molar-refractivity contribution is 5.90. The first-order valence-electron chi connectivity index (χ1n) is 13.7. The fraction of sp³-hybridized carbons (Fsp3) is 0.556. The summed E-state index contributed by atoms with van der Waals surface area (Å²) < 4.78 is 94.6. The number of rotatable bonds is 10. The molecule has 2 aliphatic carbocycles. The van der Waals surface area contributed by atoms with Gasteiger partial charge in [0.05, 0.1) is 36.5 Å². The summed E-state index contributed by atoms with van der Waals surface area (Å²) in [6.07, 6.45) is -5.95. The third-order valence-corrected chi connectivity index (χ3v) is 7.83. The lowest BCUT2D eigenvalue weighted by Gasteiger charge is -2.32. The molecule has 0 saturated heterocycles. The molecule has 2 saturated carbocycles. The third-order valence-electron chi connectivity index (χ3n) is 7.83. The second-order valence-electron chi connectivity index (χ2n) is 11.1. The van der Waals surface area contributed by atoms with Crippen molar-refractivity contribution in [3.8, 4) is 0 Å². The minimum absolute atomic E-state index is 0.00267. The number of nitrogens with one attached hydrogen (secondary N) is 1. The van der Waals surface area contributed by atoms with Gasteiger partial charge in [-0.15, -0.1) is 0 Å². The third kappa shape index (κ3) is 7.39. The molecule has 9 nitrogen and oxygen atoms in total. The van der Waals surface area contributed by atoms with Crippen molar-refractivity contribution in [3.05, 3.63) is 53.0 Å². The van der Waals surface area contributed by atoms with Gasteiger partial charge < -0.3 is 11.1 Å². The maximum Gasteiger partial charge on any atom is 0.389 e. The Balaban J connectivity index is 1.50. The number of imidazole rings is 1. The van der Waals surface area contributed by atoms with Crippen LogP contribution in [0.2, 0.25) is 0 Å². The first-order chi connectivity index (χ1) is 20.2. The normalized spacial score (nSPS) is 19.0. The standard InChI is InChI=1S/C27H28F7N7O2/c28-23(29)16-10-17(24(35)43)39-25(38-16)21(13-3-6-26(30,31)7-4-13)18-12-41-19(37-18)9-15(11-36-41)22(14-1-2-14)40-20(42)5-8-27(32,33)34/h9-14,21-23H,1-8H2,(H2,35,43)(H,40,42)/t21-,22+/m0/s1. The van der Waals surface area contributed by atoms with Crippen molar-refractivity contribution in [2.45, 2.75) is 81.9 Å². The van der Waals surface area contributed by atoms with Crippen molar-refractivity contribution in [2.75, 3.05) is 0 Å². The van der Waals surface area contributed by atoms with Gasteiger partial charge in [0.1, 0.15) is 17.2 Å². The van der Waals surface area contributed by atoms with Gasteiger partial charge in [-0.05, 0) is 55.2 Å². The fourth-order valence-corrected chi connectivity index (χ4v) is 5.48. The quantitative estimate of drug-likeness (QED) is 0.293. The van der Waals surface area contributed by atoms with E-state index in [1.807, 2.05) is 0 Å². The molecule has 2 fully saturated rings. The number of halogens is 7. The molecule has 0 unspecified atom stereocenters. The zero-order chi connectivity index (χ0) is 31.1. The Bertz CT molecular complexity index is 1500. The molecular weight excluding hydrogens is 587 g/mol. The van der Waals surface area contributed by atoms with Crippen LogP contribution >= 0.6 is 0 Å². The van der Waals surface area contributed by atoms with Gasteiger partial charge in [0.15, 0.2) is 5.65 Å². The van der Waals surface area contributed by atoms with Crippen molar-refractivity contribution < 1.29 is 40.3 Å². The molecule has 3 aromatic rings. The van der Waals surface area contributed by atoms with Crippen molar-refractivity contribution in [3.63, 3.8) is 0 Å². The molecule has 3 aromatic heterocycles. The van der Waals surface area contributed by atoms with E-state index in [0.29, 0.717) is 5.56 Å². The number of nitrogens with zero attached hydrogens (tertiary/aromatic N) is 5. The molecule has 0 radical (unpaired) electrons. The highest BCUT2D eigenvalue weighted by atomic mass is 19.4. The average molecular weight is 616 g/mol. The number of nitrogens with two attached hydrogens (primary N) is 1. The van der Waals surface area contributed by atoms with E-state index in [0.717, 1.165) is 18.9 Å². The van der Waals surface area contributed by atoms with Crippen LogP contribution in [0.4, 0.5) is 30.7 Å². The molecule has 43 heavy (non-hydrogen) atoms. The number of primary amides is 1. The minimum atomic E-state index is -4.47. The summed E-state index contributed by atoms with van der Waals surface area (Å²) in [5, 5.41) is 6.99. The van der Waals surface area contributed by atoms with Gasteiger partial charge in [0, 0.05) is 19.3 Å². The molecule has 0 bridgehead atoms. The van der Waals surface area contributed by atoms with Gasteiger partial charge in [-0.2, -0.15) is 18.3 Å². The Morgan fingerprint density at radius 1 is 1.02 bits per heavy atom. The van der Waals surface area contributed by atoms with E-state index in [2.05, 4.69) is 25.4 Å². The van der Waals surface area contributed by atoms with E-state index in [9.17, 15) is 40.3 Å². The SMILES string of the molecule is NC(=O)c1cc(C(F)F)nc([C@H](c2cn3ncc([C@H](NC(=O)CCC(F)(F)F)C4CC4)cc3n2)C2CCC(F)(F)CC2)n1. The average Bonchev–Trinajstić information content (AvgIpc) is 3.69. The number of hydrogen-bond acceptors (Lipinski definition) is 6. The molecule has 0 spiro atoms. The van der Waals surface area contributed by atoms with Crippen LogP contribution in [0.25, 0.3) is 5.65 Å². The van der Waals surface area contributed by atoms with Crippen molar-refractivity contribution in [1.29, 1.82) is 0 Å². The van der Waals surface area contributed by atoms with E-state index in [4.69, 9.17) is 5.73 Å². The van der Waals surface area contributed by atoms with Crippen LogP contribution in [0.5, 0.6) is 0 Å². The van der Waals surface area contributed by atoms with Gasteiger partial charge in [-0.25, -0.2) is 37.0 Å². The molecule has 16 heteroatoms. The van der Waals surface area contributed by atoms with Crippen molar-refractivity contribution >= 4 is 17.5 Å². The van der Waals surface area contributed by atoms with Gasteiger partial charge in [-0.1, -0.05) is 0 Å². The second kappa shape index (κ2) is 11.7. The monoisotopic (exact) mass is 615 g/mol. The van der Waals surface area contributed by atoms with Crippen LogP contribution in [-0.2, 0) is 4.79 Å². The topological polar surface area (TPSA) is 128 Å². The van der Waals surface area contributed by atoms with E-state index >= 15 is 0 Å². The lowest BCUT2D eigenvalue weighted by Crippen LogP contribution is -2.30. The summed E-state index contributed by atoms with van der Waals surface area (Å²) >= 11 is 0. The zero-order valence-corrected chi connectivity index (χ0v) is 22.6. The number of hydrogen-bond donors (Lipinski definition) is 2. The lowest BCUT2D eigenvalue weighted by molar-refractivity contribution is -0.144. The number of carbonyl (C=O) groups excluding carboxylic acids is 2. The summed E-state index contributed by atoms with van der Waals surface area (Å²) in [7, 11) is 0. The number of fused-ring (bicyclic) bond motifs is 1. The summed E-state index contributed by atoms with van der Waals surface area (Å²) in [6.45, 7) is 0. The summed E-state index contributed by atoms with van der Waals surface area (Å²) in [5.41, 5.74) is 5.13. The van der Waals surface area contributed by atoms with E-state index < -0.39 is 85.3 Å². The molecule has 3 heterocycles. The van der Waals surface area contributed by atoms with Crippen molar-refractivity contribution in [1.82, 2.24) is 29.9 Å². The molecule has 0 aliphatic heterocycles. The van der Waals surface area contributed by atoms with Crippen molar-refractivity contribution in [2.24, 2.45) is 17.6 Å². The molecule has 0 aromatic carbocycles. The highest BCUT2D eigenvalue weighted by Gasteiger charge is 2.41. The first kappa shape index (κ1) is 30.6. The molecule has 2 amide bonds. The Kier molecular flexibility index (Phi) is 8.31. The Morgan fingerprint density at radius 3 is 2.33 bits per heavy atom. The highest BCUT2D eigenvalue weighted by Crippen LogP contribution is 2.45. The maximum atomic E-state index is 14.0. The number of alkyl halides is 7.